The van der Waals surface area contributed by atoms with Crippen LogP contribution in [0.15, 0.2) is 52.3 Å². The summed E-state index contributed by atoms with van der Waals surface area (Å²) in [6.07, 6.45) is -4.43. The number of esters is 1. The fraction of sp³-hybridized carbons (Fsp3) is 0.158. The summed E-state index contributed by atoms with van der Waals surface area (Å²) < 4.78 is 44.5. The van der Waals surface area contributed by atoms with Crippen LogP contribution >= 0.6 is 23.1 Å². The van der Waals surface area contributed by atoms with Gasteiger partial charge in [-0.15, -0.1) is 11.3 Å². The molecule has 0 atom stereocenters. The molecule has 0 bridgehead atoms. The minimum Gasteiger partial charge on any atom is -0.461 e. The monoisotopic (exact) mass is 407 g/mol. The van der Waals surface area contributed by atoms with Gasteiger partial charge >= 0.3 is 12.1 Å². The molecule has 3 aromatic rings. The van der Waals surface area contributed by atoms with Crippen molar-refractivity contribution in [3.8, 4) is 21.7 Å². The Balaban J connectivity index is 1.95. The average molecular weight is 407 g/mol. The van der Waals surface area contributed by atoms with E-state index in [4.69, 9.17) is 4.74 Å². The number of halogens is 3. The average Bonchev–Trinajstić information content (AvgIpc) is 3.02. The van der Waals surface area contributed by atoms with Crippen molar-refractivity contribution < 1.29 is 22.7 Å². The Hall–Kier alpha value is -2.32. The molecule has 0 radical (unpaired) electrons. The molecular weight excluding hydrogens is 395 g/mol. The van der Waals surface area contributed by atoms with Gasteiger partial charge in [0.15, 0.2) is 0 Å². The van der Waals surface area contributed by atoms with Gasteiger partial charge < -0.3 is 4.74 Å². The number of ether oxygens (including phenoxy) is 1. The Kier molecular flexibility index (Phi) is 4.47. The lowest BCUT2D eigenvalue weighted by Crippen LogP contribution is -2.05. The summed E-state index contributed by atoms with van der Waals surface area (Å²) in [5, 5.41) is 0.189. The zero-order valence-corrected chi connectivity index (χ0v) is 15.6. The van der Waals surface area contributed by atoms with E-state index in [1.54, 1.807) is 6.92 Å². The molecule has 1 aliphatic rings. The van der Waals surface area contributed by atoms with Crippen LogP contribution in [0.5, 0.6) is 0 Å². The summed E-state index contributed by atoms with van der Waals surface area (Å²) in [6.45, 7) is 1.93. The molecule has 0 N–H and O–H groups in total. The highest BCUT2D eigenvalue weighted by Crippen LogP contribution is 2.50. The molecule has 1 aliphatic heterocycles. The Labute approximate surface area is 161 Å². The molecule has 0 saturated carbocycles. The van der Waals surface area contributed by atoms with Gasteiger partial charge in [0.1, 0.15) is 0 Å². The summed E-state index contributed by atoms with van der Waals surface area (Å²) in [7, 11) is 0. The highest BCUT2D eigenvalue weighted by molar-refractivity contribution is 7.99. The van der Waals surface area contributed by atoms with Crippen LogP contribution in [-0.4, -0.2) is 17.6 Å². The fourth-order valence-corrected chi connectivity index (χ4v) is 5.01. The molecule has 0 fully saturated rings. The lowest BCUT2D eigenvalue weighted by Gasteiger charge is -2.11. The Morgan fingerprint density at radius 3 is 2.63 bits per heavy atom. The van der Waals surface area contributed by atoms with Crippen LogP contribution in [0.4, 0.5) is 13.2 Å². The number of carbonyl (C=O) groups excluding carboxylic acids is 1. The number of nitrogens with zero attached hydrogens (tertiary/aromatic N) is 1. The van der Waals surface area contributed by atoms with Crippen molar-refractivity contribution in [3.63, 3.8) is 0 Å². The van der Waals surface area contributed by atoms with Crippen molar-refractivity contribution in [2.75, 3.05) is 6.61 Å². The maximum absolute atomic E-state index is 13.2. The largest absolute Gasteiger partial charge is 0.461 e. The van der Waals surface area contributed by atoms with Crippen LogP contribution in [0.2, 0.25) is 0 Å². The Morgan fingerprint density at radius 2 is 1.89 bits per heavy atom. The number of thiazole rings is 1. The second-order valence-electron chi connectivity index (χ2n) is 5.72. The van der Waals surface area contributed by atoms with E-state index in [0.717, 1.165) is 27.5 Å². The lowest BCUT2D eigenvalue weighted by atomic mass is 10.0. The van der Waals surface area contributed by atoms with Gasteiger partial charge in [-0.3, -0.25) is 0 Å². The smallest absolute Gasteiger partial charge is 0.416 e. The molecule has 2 heterocycles. The Morgan fingerprint density at radius 1 is 1.11 bits per heavy atom. The predicted octanol–water partition coefficient (Wildman–Crippen LogP) is 6.14. The van der Waals surface area contributed by atoms with Crippen molar-refractivity contribution >= 4 is 29.1 Å². The van der Waals surface area contributed by atoms with E-state index in [1.807, 2.05) is 24.3 Å². The first-order valence-electron chi connectivity index (χ1n) is 8.05. The number of carbonyl (C=O) groups is 1. The number of alkyl halides is 3. The number of rotatable bonds is 2. The van der Waals surface area contributed by atoms with Gasteiger partial charge in [0.2, 0.25) is 5.01 Å². The third-order valence-electron chi connectivity index (χ3n) is 3.99. The highest BCUT2D eigenvalue weighted by Gasteiger charge is 2.33. The van der Waals surface area contributed by atoms with Crippen LogP contribution < -0.4 is 0 Å². The molecule has 0 spiro atoms. The van der Waals surface area contributed by atoms with Crippen LogP contribution in [0, 0.1) is 0 Å². The SMILES string of the molecule is CCOC(=O)c1nc2c(s1)-c1ccccc1Sc1cc(C(F)(F)F)ccc1-2. The van der Waals surface area contributed by atoms with E-state index in [9.17, 15) is 18.0 Å². The topological polar surface area (TPSA) is 39.2 Å². The predicted molar refractivity (Wildman–Crippen MR) is 98.1 cm³/mol. The van der Waals surface area contributed by atoms with Gasteiger partial charge in [0, 0.05) is 20.9 Å². The summed E-state index contributed by atoms with van der Waals surface area (Å²) in [5.41, 5.74) is 1.21. The second kappa shape index (κ2) is 6.69. The minimum absolute atomic E-state index is 0.189. The van der Waals surface area contributed by atoms with Gasteiger partial charge in [0.05, 0.1) is 22.7 Å². The molecule has 1 aromatic heterocycles. The number of aromatic nitrogens is 1. The fourth-order valence-electron chi connectivity index (χ4n) is 2.81. The van der Waals surface area contributed by atoms with Crippen molar-refractivity contribution in [1.82, 2.24) is 4.98 Å². The first-order valence-corrected chi connectivity index (χ1v) is 9.68. The normalized spacial score (nSPS) is 12.6. The minimum atomic E-state index is -4.43. The van der Waals surface area contributed by atoms with Crippen LogP contribution in [0.3, 0.4) is 0 Å². The van der Waals surface area contributed by atoms with Crippen molar-refractivity contribution in [2.24, 2.45) is 0 Å². The molecule has 27 heavy (non-hydrogen) atoms. The third kappa shape index (κ3) is 3.23. The Bertz CT molecular complexity index is 1040. The molecule has 4 rings (SSSR count). The van der Waals surface area contributed by atoms with Gasteiger partial charge in [-0.2, -0.15) is 13.2 Å². The summed E-state index contributed by atoms with van der Waals surface area (Å²) >= 11 is 2.46. The van der Waals surface area contributed by atoms with Gasteiger partial charge in [-0.1, -0.05) is 36.0 Å². The highest BCUT2D eigenvalue weighted by atomic mass is 32.2. The van der Waals surface area contributed by atoms with E-state index >= 15 is 0 Å². The van der Waals surface area contributed by atoms with Gasteiger partial charge in [0.25, 0.3) is 0 Å². The number of fused-ring (bicyclic) bond motifs is 5. The molecule has 8 heteroatoms. The lowest BCUT2D eigenvalue weighted by molar-refractivity contribution is -0.137. The maximum atomic E-state index is 13.2. The van der Waals surface area contributed by atoms with Crippen LogP contribution in [-0.2, 0) is 10.9 Å². The van der Waals surface area contributed by atoms with Gasteiger partial charge in [-0.25, -0.2) is 9.78 Å². The van der Waals surface area contributed by atoms with E-state index in [1.165, 1.54) is 29.2 Å². The maximum Gasteiger partial charge on any atom is 0.416 e. The molecule has 2 aromatic carbocycles. The number of benzene rings is 2. The van der Waals surface area contributed by atoms with Crippen LogP contribution in [0.25, 0.3) is 21.7 Å². The van der Waals surface area contributed by atoms with E-state index < -0.39 is 17.7 Å². The molecule has 138 valence electrons. The summed E-state index contributed by atoms with van der Waals surface area (Å²) in [5.74, 6) is -0.533. The number of hydrogen-bond donors (Lipinski definition) is 0. The molecule has 0 saturated heterocycles. The molecule has 3 nitrogen and oxygen atoms in total. The van der Waals surface area contributed by atoms with E-state index in [0.29, 0.717) is 16.2 Å². The van der Waals surface area contributed by atoms with Crippen molar-refractivity contribution in [3.05, 3.63) is 53.0 Å². The van der Waals surface area contributed by atoms with Crippen molar-refractivity contribution in [1.29, 1.82) is 0 Å². The summed E-state index contributed by atoms with van der Waals surface area (Å²) in [6, 6.07) is 11.0. The third-order valence-corrected chi connectivity index (χ3v) is 6.20. The standard InChI is InChI=1S/C19H12F3NO2S2/c1-2-25-18(24)17-23-15-11-8-7-10(19(20,21)22)9-14(11)26-13-6-4-3-5-12(13)16(15)27-17/h3-9H,2H2,1H3. The van der Waals surface area contributed by atoms with E-state index in [-0.39, 0.29) is 11.6 Å². The molecular formula is C19H12F3NO2S2. The van der Waals surface area contributed by atoms with Crippen molar-refractivity contribution in [2.45, 2.75) is 22.9 Å². The number of hydrogen-bond acceptors (Lipinski definition) is 5. The zero-order chi connectivity index (χ0) is 19.2. The second-order valence-corrected chi connectivity index (χ2v) is 7.81. The molecule has 0 unspecified atom stereocenters. The zero-order valence-electron chi connectivity index (χ0n) is 14.0. The van der Waals surface area contributed by atoms with Gasteiger partial charge in [-0.05, 0) is 25.1 Å². The first-order chi connectivity index (χ1) is 12.9. The molecule has 0 aliphatic carbocycles. The first kappa shape index (κ1) is 18.1. The van der Waals surface area contributed by atoms with Crippen LogP contribution in [0.1, 0.15) is 22.3 Å². The molecule has 0 amide bonds. The van der Waals surface area contributed by atoms with E-state index in [2.05, 4.69) is 4.98 Å². The summed E-state index contributed by atoms with van der Waals surface area (Å²) in [4.78, 5) is 18.6. The quantitative estimate of drug-likeness (QED) is 0.374.